The molecular weight excluding hydrogens is 756 g/mol. The van der Waals surface area contributed by atoms with E-state index in [-0.39, 0.29) is 54.8 Å². The van der Waals surface area contributed by atoms with E-state index in [1.165, 1.54) is 19.3 Å². The van der Waals surface area contributed by atoms with Crippen molar-refractivity contribution < 1.29 is 74.3 Å². The van der Waals surface area contributed by atoms with E-state index < -0.39 is 81.8 Å². The lowest BCUT2D eigenvalue weighted by Crippen LogP contribution is -2.62. The van der Waals surface area contributed by atoms with Gasteiger partial charge < -0.3 is 43.3 Å². The molecule has 1 aliphatic rings. The van der Waals surface area contributed by atoms with Crippen molar-refractivity contribution in [2.45, 2.75) is 43.2 Å². The van der Waals surface area contributed by atoms with E-state index in [0.717, 1.165) is 23.1 Å². The Hall–Kier alpha value is -4.86. The number of sulfonamides is 1. The van der Waals surface area contributed by atoms with Gasteiger partial charge in [-0.25, -0.2) is 41.5 Å². The van der Waals surface area contributed by atoms with Crippen LogP contribution >= 0.6 is 11.6 Å². The van der Waals surface area contributed by atoms with Crippen LogP contribution in [0.15, 0.2) is 58.0 Å². The molecule has 1 fully saturated rings. The monoisotopic (exact) mass is 789 g/mol. The first-order valence-corrected chi connectivity index (χ1v) is 17.4. The minimum absolute atomic E-state index is 0.125. The number of amides is 1. The minimum atomic E-state index is -4.29. The number of benzene rings is 2. The Labute approximate surface area is 305 Å². The smallest absolute Gasteiger partial charge is 0.420 e. The molecule has 0 saturated carbocycles. The van der Waals surface area contributed by atoms with Gasteiger partial charge in [-0.15, -0.1) is 0 Å². The van der Waals surface area contributed by atoms with Crippen LogP contribution in [-0.2, 0) is 60.4 Å². The highest BCUT2D eigenvalue weighted by molar-refractivity contribution is 7.89. The maximum Gasteiger partial charge on any atom is 0.420 e. The van der Waals surface area contributed by atoms with Crippen molar-refractivity contribution in [2.24, 2.45) is 5.14 Å². The number of morpholine rings is 1. The summed E-state index contributed by atoms with van der Waals surface area (Å²) in [5.74, 6) is -7.66. The Morgan fingerprint density at radius 3 is 2.30 bits per heavy atom. The molecule has 3 aromatic rings. The molecule has 0 unspecified atom stereocenters. The van der Waals surface area contributed by atoms with Crippen LogP contribution in [0.25, 0.3) is 0 Å². The number of halogens is 3. The van der Waals surface area contributed by atoms with Crippen LogP contribution < -0.4 is 10.5 Å². The predicted molar refractivity (Wildman–Crippen MR) is 175 cm³/mol. The average Bonchev–Trinajstić information content (AvgIpc) is 3.61. The molecular formula is C32H34ClF2N3O14S. The van der Waals surface area contributed by atoms with Crippen LogP contribution in [0.2, 0.25) is 5.02 Å². The largest absolute Gasteiger partial charge is 0.467 e. The van der Waals surface area contributed by atoms with Gasteiger partial charge in [0.15, 0.2) is 0 Å². The standard InChI is InChI=1S/C32H34ClF2N3O14S/c1-18-16-52-32(43,20-10-21(34)12-22(35)11-20)19(2)38(18)31(42)51-17-50-30(41)29(40)49-9-7-46-6-8-48-28(39)24-13-27(53(36,44)45)25(33)14-26(24)37-15-23-4-3-5-47-23/h3-5,10-14,18-19,37,43H,6-9,15-17H2,1-2H3,(H2,36,44,45)/t18-,19+,32-/m1/s1. The first-order chi connectivity index (χ1) is 25.0. The number of ether oxygens (including phenoxy) is 6. The van der Waals surface area contributed by atoms with E-state index in [9.17, 15) is 41.5 Å². The lowest BCUT2D eigenvalue weighted by molar-refractivity contribution is -0.280. The van der Waals surface area contributed by atoms with E-state index in [0.29, 0.717) is 11.8 Å². The minimum Gasteiger partial charge on any atom is -0.467 e. The van der Waals surface area contributed by atoms with Gasteiger partial charge in [0.1, 0.15) is 35.5 Å². The molecule has 4 N–H and O–H groups in total. The van der Waals surface area contributed by atoms with Crippen molar-refractivity contribution in [2.75, 3.05) is 45.1 Å². The zero-order valence-corrected chi connectivity index (χ0v) is 29.6. The number of carbonyl (C=O) groups is 4. The number of anilines is 1. The van der Waals surface area contributed by atoms with Gasteiger partial charge in [-0.2, -0.15) is 0 Å². The number of hydrogen-bond acceptors (Lipinski definition) is 15. The van der Waals surface area contributed by atoms with Crippen LogP contribution in [0.3, 0.4) is 0 Å². The lowest BCUT2D eigenvalue weighted by atomic mass is 9.94. The number of esters is 3. The highest BCUT2D eigenvalue weighted by Crippen LogP contribution is 2.36. The number of carbonyl (C=O) groups excluding carboxylic acids is 4. The van der Waals surface area contributed by atoms with Crippen molar-refractivity contribution in [1.82, 2.24) is 4.90 Å². The summed E-state index contributed by atoms with van der Waals surface area (Å²) in [7, 11) is -4.29. The molecule has 2 heterocycles. The molecule has 53 heavy (non-hydrogen) atoms. The summed E-state index contributed by atoms with van der Waals surface area (Å²) in [4.78, 5) is 50.1. The van der Waals surface area contributed by atoms with Gasteiger partial charge in [0, 0.05) is 11.6 Å². The number of nitrogens with zero attached hydrogens (tertiary/aromatic N) is 1. The molecule has 0 spiro atoms. The molecule has 4 rings (SSSR count). The van der Waals surface area contributed by atoms with Crippen LogP contribution in [0.1, 0.15) is 35.5 Å². The SMILES string of the molecule is C[C@@H]1CO[C@@](O)(c2cc(F)cc(F)c2)[C@H](C)N1C(=O)OCOC(=O)C(=O)OCCOCCOC(=O)c1cc(S(N)(=O)=O)c(Cl)cc1NCc1ccco1. The van der Waals surface area contributed by atoms with Crippen molar-refractivity contribution in [3.8, 4) is 0 Å². The zero-order valence-electron chi connectivity index (χ0n) is 28.0. The van der Waals surface area contributed by atoms with Crippen LogP contribution in [0, 0.1) is 11.6 Å². The van der Waals surface area contributed by atoms with Gasteiger partial charge in [0.2, 0.25) is 22.6 Å². The number of nitrogens with two attached hydrogens (primary N) is 1. The average molecular weight is 790 g/mol. The van der Waals surface area contributed by atoms with Gasteiger partial charge in [-0.3, -0.25) is 4.90 Å². The highest BCUT2D eigenvalue weighted by Gasteiger charge is 2.49. The Kier molecular flexibility index (Phi) is 13.7. The molecule has 1 saturated heterocycles. The van der Waals surface area contributed by atoms with E-state index >= 15 is 0 Å². The van der Waals surface area contributed by atoms with Gasteiger partial charge >= 0.3 is 24.0 Å². The molecule has 1 aromatic heterocycles. The molecule has 21 heteroatoms. The van der Waals surface area contributed by atoms with Crippen molar-refractivity contribution in [1.29, 1.82) is 0 Å². The van der Waals surface area contributed by atoms with Crippen molar-refractivity contribution in [3.63, 3.8) is 0 Å². The Bertz CT molecular complexity index is 1900. The second kappa shape index (κ2) is 17.8. The molecule has 2 aromatic carbocycles. The van der Waals surface area contributed by atoms with Crippen LogP contribution in [-0.4, -0.2) is 94.3 Å². The highest BCUT2D eigenvalue weighted by atomic mass is 35.5. The summed E-state index contributed by atoms with van der Waals surface area (Å²) < 4.78 is 86.8. The van der Waals surface area contributed by atoms with E-state index in [1.54, 1.807) is 19.1 Å². The van der Waals surface area contributed by atoms with Gasteiger partial charge in [0.05, 0.1) is 61.0 Å². The van der Waals surface area contributed by atoms with E-state index in [1.807, 2.05) is 0 Å². The third-order valence-corrected chi connectivity index (χ3v) is 8.96. The third kappa shape index (κ3) is 10.6. The summed E-state index contributed by atoms with van der Waals surface area (Å²) in [6, 6.07) is 5.87. The quantitative estimate of drug-likeness (QED) is 0.0701. The van der Waals surface area contributed by atoms with Crippen molar-refractivity contribution >= 4 is 51.3 Å². The summed E-state index contributed by atoms with van der Waals surface area (Å²) in [5.41, 5.74) is -0.345. The summed E-state index contributed by atoms with van der Waals surface area (Å²) in [6.07, 6.45) is 0.346. The number of rotatable bonds is 14. The van der Waals surface area contributed by atoms with E-state index in [2.05, 4.69) is 10.1 Å². The Balaban J connectivity index is 1.17. The molecule has 288 valence electrons. The second-order valence-electron chi connectivity index (χ2n) is 11.2. The van der Waals surface area contributed by atoms with Gasteiger partial charge in [-0.1, -0.05) is 11.6 Å². The molecule has 1 amide bonds. The first kappa shape index (κ1) is 40.9. The molecule has 0 bridgehead atoms. The van der Waals surface area contributed by atoms with Crippen LogP contribution in [0.4, 0.5) is 19.3 Å². The third-order valence-electron chi connectivity index (χ3n) is 7.58. The number of primary sulfonamides is 1. The summed E-state index contributed by atoms with van der Waals surface area (Å²) in [5, 5.41) is 19.0. The molecule has 1 aliphatic heterocycles. The van der Waals surface area contributed by atoms with Gasteiger partial charge in [0.25, 0.3) is 0 Å². The maximum absolute atomic E-state index is 13.8. The summed E-state index contributed by atoms with van der Waals surface area (Å²) in [6.45, 7) is 0.552. The molecule has 0 aliphatic carbocycles. The Morgan fingerprint density at radius 1 is 1.00 bits per heavy atom. The van der Waals surface area contributed by atoms with Crippen molar-refractivity contribution in [3.05, 3.63) is 82.3 Å². The van der Waals surface area contributed by atoms with Crippen LogP contribution in [0.5, 0.6) is 0 Å². The maximum atomic E-state index is 13.8. The fourth-order valence-corrected chi connectivity index (χ4v) is 6.12. The zero-order chi connectivity index (χ0) is 38.9. The number of nitrogens with one attached hydrogen (secondary N) is 1. The second-order valence-corrected chi connectivity index (χ2v) is 13.2. The first-order valence-electron chi connectivity index (χ1n) is 15.5. The number of aliphatic hydroxyl groups is 1. The van der Waals surface area contributed by atoms with E-state index in [4.69, 9.17) is 44.8 Å². The topological polar surface area (TPSA) is 232 Å². The molecule has 3 atom stereocenters. The Morgan fingerprint density at radius 2 is 1.66 bits per heavy atom. The summed E-state index contributed by atoms with van der Waals surface area (Å²) >= 11 is 6.07. The molecule has 17 nitrogen and oxygen atoms in total. The lowest BCUT2D eigenvalue weighted by Gasteiger charge is -2.47. The molecule has 0 radical (unpaired) electrons. The predicted octanol–water partition coefficient (Wildman–Crippen LogP) is 2.78. The fraction of sp³-hybridized carbons (Fsp3) is 0.375. The van der Waals surface area contributed by atoms with Gasteiger partial charge in [-0.05, 0) is 50.2 Å². The number of furan rings is 1. The normalized spacial score (nSPS) is 18.6. The number of hydrogen-bond donors (Lipinski definition) is 3. The fourth-order valence-electron chi connectivity index (χ4n) is 5.02.